The van der Waals surface area contributed by atoms with Crippen molar-refractivity contribution in [2.45, 2.75) is 39.2 Å². The van der Waals surface area contributed by atoms with Crippen LogP contribution in [0.2, 0.25) is 0 Å². The summed E-state index contributed by atoms with van der Waals surface area (Å²) in [4.78, 5) is 2.44. The highest BCUT2D eigenvalue weighted by molar-refractivity contribution is 5.56. The molecule has 2 rings (SSSR count). The molecule has 1 aromatic carbocycles. The van der Waals surface area contributed by atoms with E-state index in [9.17, 15) is 5.11 Å². The Morgan fingerprint density at radius 1 is 1.28 bits per heavy atom. The number of anilines is 1. The molecule has 1 atom stereocenters. The molecule has 2 N–H and O–H groups in total. The summed E-state index contributed by atoms with van der Waals surface area (Å²) in [5.41, 5.74) is 3.18. The molecule has 1 saturated heterocycles. The number of piperidine rings is 1. The Balaban J connectivity index is 1.99. The molecule has 100 valence electrons. The van der Waals surface area contributed by atoms with E-state index in [1.165, 1.54) is 25.8 Å². The number of phenols is 1. The van der Waals surface area contributed by atoms with Crippen molar-refractivity contribution in [3.05, 3.63) is 23.3 Å². The smallest absolute Gasteiger partial charge is 0.118 e. The van der Waals surface area contributed by atoms with E-state index in [0.29, 0.717) is 11.8 Å². The van der Waals surface area contributed by atoms with Crippen molar-refractivity contribution in [3.63, 3.8) is 0 Å². The van der Waals surface area contributed by atoms with Gasteiger partial charge in [0.15, 0.2) is 0 Å². The number of phenolic OH excluding ortho intramolecular Hbond substituents is 1. The van der Waals surface area contributed by atoms with Gasteiger partial charge < -0.3 is 15.3 Å². The zero-order valence-electron chi connectivity index (χ0n) is 11.7. The van der Waals surface area contributed by atoms with Crippen LogP contribution in [0.3, 0.4) is 0 Å². The van der Waals surface area contributed by atoms with Crippen molar-refractivity contribution in [2.75, 3.05) is 25.5 Å². The first-order valence-corrected chi connectivity index (χ1v) is 6.82. The molecule has 3 heteroatoms. The van der Waals surface area contributed by atoms with Gasteiger partial charge in [0.05, 0.1) is 0 Å². The third kappa shape index (κ3) is 2.96. The van der Waals surface area contributed by atoms with Crippen LogP contribution in [0.4, 0.5) is 5.69 Å². The summed E-state index contributed by atoms with van der Waals surface area (Å²) in [6.07, 6.45) is 3.94. The number of rotatable bonds is 3. The SMILES string of the molecule is Cc1cc(NCC2CCCCN2C)c(C)cc1O. The van der Waals surface area contributed by atoms with Gasteiger partial charge in [0.1, 0.15) is 5.75 Å². The van der Waals surface area contributed by atoms with Gasteiger partial charge in [0, 0.05) is 18.3 Å². The lowest BCUT2D eigenvalue weighted by atomic mass is 10.0. The Kier molecular flexibility index (Phi) is 4.12. The zero-order valence-corrected chi connectivity index (χ0v) is 11.7. The molecular formula is C15H24N2O. The minimum atomic E-state index is 0.382. The second-order valence-corrected chi connectivity index (χ2v) is 5.46. The van der Waals surface area contributed by atoms with Gasteiger partial charge in [-0.3, -0.25) is 0 Å². The second kappa shape index (κ2) is 5.61. The Morgan fingerprint density at radius 3 is 2.78 bits per heavy atom. The lowest BCUT2D eigenvalue weighted by Crippen LogP contribution is -2.40. The van der Waals surface area contributed by atoms with Crippen molar-refractivity contribution in [2.24, 2.45) is 0 Å². The molecule has 1 heterocycles. The topological polar surface area (TPSA) is 35.5 Å². The first-order chi connectivity index (χ1) is 8.58. The second-order valence-electron chi connectivity index (χ2n) is 5.46. The van der Waals surface area contributed by atoms with Gasteiger partial charge in [0.2, 0.25) is 0 Å². The van der Waals surface area contributed by atoms with E-state index in [4.69, 9.17) is 0 Å². The van der Waals surface area contributed by atoms with Crippen LogP contribution in [0.25, 0.3) is 0 Å². The summed E-state index contributed by atoms with van der Waals surface area (Å²) in [5, 5.41) is 13.2. The molecule has 1 fully saturated rings. The third-order valence-electron chi connectivity index (χ3n) is 3.99. The molecule has 1 aromatic rings. The molecule has 1 aliphatic heterocycles. The molecule has 0 saturated carbocycles. The predicted octanol–water partition coefficient (Wildman–Crippen LogP) is 2.91. The molecule has 1 aliphatic rings. The molecule has 0 aliphatic carbocycles. The highest BCUT2D eigenvalue weighted by Gasteiger charge is 2.18. The van der Waals surface area contributed by atoms with Gasteiger partial charge >= 0.3 is 0 Å². The van der Waals surface area contributed by atoms with E-state index in [1.54, 1.807) is 0 Å². The van der Waals surface area contributed by atoms with E-state index in [-0.39, 0.29) is 0 Å². The fourth-order valence-electron chi connectivity index (χ4n) is 2.62. The maximum atomic E-state index is 9.65. The summed E-state index contributed by atoms with van der Waals surface area (Å²) < 4.78 is 0. The Labute approximate surface area is 110 Å². The molecule has 0 amide bonds. The summed E-state index contributed by atoms with van der Waals surface area (Å²) in [5.74, 6) is 0.382. The Morgan fingerprint density at radius 2 is 2.06 bits per heavy atom. The quantitative estimate of drug-likeness (QED) is 0.807. The van der Waals surface area contributed by atoms with Crippen LogP contribution in [0.5, 0.6) is 5.75 Å². The maximum absolute atomic E-state index is 9.65. The number of hydrogen-bond donors (Lipinski definition) is 2. The van der Waals surface area contributed by atoms with Crippen LogP contribution in [-0.4, -0.2) is 36.2 Å². The number of likely N-dealkylation sites (N-methyl/N-ethyl adjacent to an activating group) is 1. The lowest BCUT2D eigenvalue weighted by molar-refractivity contribution is 0.194. The molecular weight excluding hydrogens is 224 g/mol. The van der Waals surface area contributed by atoms with Crippen LogP contribution in [0.1, 0.15) is 30.4 Å². The molecule has 0 aromatic heterocycles. The largest absolute Gasteiger partial charge is 0.508 e. The average Bonchev–Trinajstić information content (AvgIpc) is 2.34. The van der Waals surface area contributed by atoms with Crippen LogP contribution in [-0.2, 0) is 0 Å². The van der Waals surface area contributed by atoms with Crippen molar-refractivity contribution < 1.29 is 5.11 Å². The van der Waals surface area contributed by atoms with Gasteiger partial charge in [0.25, 0.3) is 0 Å². The summed E-state index contributed by atoms with van der Waals surface area (Å²) >= 11 is 0. The van der Waals surface area contributed by atoms with Crippen molar-refractivity contribution in [3.8, 4) is 5.75 Å². The standard InChI is InChI=1S/C15H24N2O/c1-11-9-15(18)12(2)8-14(11)16-10-13-6-4-5-7-17(13)3/h8-9,13,16,18H,4-7,10H2,1-3H3. The molecule has 1 unspecified atom stereocenters. The highest BCUT2D eigenvalue weighted by Crippen LogP contribution is 2.25. The van der Waals surface area contributed by atoms with Crippen molar-refractivity contribution >= 4 is 5.69 Å². The maximum Gasteiger partial charge on any atom is 0.118 e. The number of benzene rings is 1. The summed E-state index contributed by atoms with van der Waals surface area (Å²) in [7, 11) is 2.21. The Bertz CT molecular complexity index is 417. The Hall–Kier alpha value is -1.22. The monoisotopic (exact) mass is 248 g/mol. The lowest BCUT2D eigenvalue weighted by Gasteiger charge is -2.33. The number of hydrogen-bond acceptors (Lipinski definition) is 3. The van der Waals surface area contributed by atoms with E-state index in [0.717, 1.165) is 23.4 Å². The fourth-order valence-corrected chi connectivity index (χ4v) is 2.62. The van der Waals surface area contributed by atoms with Crippen molar-refractivity contribution in [1.82, 2.24) is 4.90 Å². The fraction of sp³-hybridized carbons (Fsp3) is 0.600. The van der Waals surface area contributed by atoms with E-state index in [2.05, 4.69) is 17.3 Å². The first-order valence-electron chi connectivity index (χ1n) is 6.82. The van der Waals surface area contributed by atoms with Crippen LogP contribution in [0, 0.1) is 13.8 Å². The van der Waals surface area contributed by atoms with Gasteiger partial charge in [-0.25, -0.2) is 0 Å². The van der Waals surface area contributed by atoms with Gasteiger partial charge in [-0.15, -0.1) is 0 Å². The summed E-state index contributed by atoms with van der Waals surface area (Å²) in [6, 6.07) is 4.50. The van der Waals surface area contributed by atoms with E-state index in [1.807, 2.05) is 26.0 Å². The number of nitrogens with zero attached hydrogens (tertiary/aromatic N) is 1. The molecule has 3 nitrogen and oxygen atoms in total. The first kappa shape index (κ1) is 13.2. The van der Waals surface area contributed by atoms with E-state index >= 15 is 0 Å². The molecule has 18 heavy (non-hydrogen) atoms. The van der Waals surface area contributed by atoms with Crippen molar-refractivity contribution in [1.29, 1.82) is 0 Å². The number of nitrogens with one attached hydrogen (secondary N) is 1. The average molecular weight is 248 g/mol. The van der Waals surface area contributed by atoms with Crippen LogP contribution >= 0.6 is 0 Å². The molecule has 0 bridgehead atoms. The zero-order chi connectivity index (χ0) is 13.1. The van der Waals surface area contributed by atoms with Gasteiger partial charge in [-0.05, 0) is 63.5 Å². The normalized spacial score (nSPS) is 20.9. The summed E-state index contributed by atoms with van der Waals surface area (Å²) in [6.45, 7) is 6.17. The molecule has 0 radical (unpaired) electrons. The van der Waals surface area contributed by atoms with Crippen LogP contribution in [0.15, 0.2) is 12.1 Å². The predicted molar refractivity (Wildman–Crippen MR) is 76.3 cm³/mol. The van der Waals surface area contributed by atoms with Gasteiger partial charge in [-0.1, -0.05) is 6.42 Å². The third-order valence-corrected chi connectivity index (χ3v) is 3.99. The van der Waals surface area contributed by atoms with Gasteiger partial charge in [-0.2, -0.15) is 0 Å². The van der Waals surface area contributed by atoms with E-state index < -0.39 is 0 Å². The number of aromatic hydroxyl groups is 1. The van der Waals surface area contributed by atoms with Crippen LogP contribution < -0.4 is 5.32 Å². The minimum absolute atomic E-state index is 0.382. The highest BCUT2D eigenvalue weighted by atomic mass is 16.3. The number of likely N-dealkylation sites (tertiary alicyclic amines) is 1. The molecule has 0 spiro atoms. The number of aryl methyl sites for hydroxylation is 2. The minimum Gasteiger partial charge on any atom is -0.508 e.